The monoisotopic (exact) mass is 311 g/mol. The second-order valence-electron chi connectivity index (χ2n) is 5.29. The van der Waals surface area contributed by atoms with E-state index in [1.54, 1.807) is 19.2 Å². The minimum Gasteiger partial charge on any atom is -0.359 e. The van der Waals surface area contributed by atoms with Gasteiger partial charge in [0.25, 0.3) is 0 Å². The van der Waals surface area contributed by atoms with E-state index in [1.807, 2.05) is 36.4 Å². The summed E-state index contributed by atoms with van der Waals surface area (Å²) in [6, 6.07) is 14.9. The number of carbonyl (C=O) groups excluding carboxylic acids is 2. The first-order chi connectivity index (χ1) is 11.1. The minimum atomic E-state index is -0.0791. The Hall–Kier alpha value is -2.66. The summed E-state index contributed by atoms with van der Waals surface area (Å²) in [6.07, 6.45) is 0.642. The lowest BCUT2D eigenvalue weighted by atomic mass is 10.1. The molecule has 4 N–H and O–H groups in total. The fraction of sp³-hybridized carbons (Fsp3) is 0.222. The smallest absolute Gasteiger partial charge is 0.228 e. The maximum Gasteiger partial charge on any atom is 0.228 e. The molecule has 23 heavy (non-hydrogen) atoms. The first-order valence-electron chi connectivity index (χ1n) is 7.48. The molecular weight excluding hydrogens is 290 g/mol. The van der Waals surface area contributed by atoms with E-state index < -0.39 is 0 Å². The Morgan fingerprint density at radius 1 is 0.826 bits per heavy atom. The molecule has 2 amide bonds. The SMILES string of the molecule is CNC(=O)Cc1ccc(NC(=O)Cc2ccc(CN)cc2)cc1. The molecule has 0 aliphatic carbocycles. The summed E-state index contributed by atoms with van der Waals surface area (Å²) < 4.78 is 0. The molecule has 0 saturated carbocycles. The number of nitrogens with two attached hydrogens (primary N) is 1. The van der Waals surface area contributed by atoms with Gasteiger partial charge in [0.15, 0.2) is 0 Å². The molecule has 0 fully saturated rings. The summed E-state index contributed by atoms with van der Waals surface area (Å²) in [5.74, 6) is -0.118. The summed E-state index contributed by atoms with van der Waals surface area (Å²) in [5.41, 5.74) is 9.15. The third kappa shape index (κ3) is 5.23. The van der Waals surface area contributed by atoms with Crippen molar-refractivity contribution in [1.29, 1.82) is 0 Å². The zero-order valence-corrected chi connectivity index (χ0v) is 13.1. The van der Waals surface area contributed by atoms with Crippen LogP contribution in [0.2, 0.25) is 0 Å². The van der Waals surface area contributed by atoms with Gasteiger partial charge in [-0.05, 0) is 28.8 Å². The third-order valence-electron chi connectivity index (χ3n) is 3.50. The van der Waals surface area contributed by atoms with Gasteiger partial charge in [0.05, 0.1) is 12.8 Å². The summed E-state index contributed by atoms with van der Waals surface area (Å²) in [4.78, 5) is 23.3. The molecule has 2 rings (SSSR count). The van der Waals surface area contributed by atoms with Gasteiger partial charge < -0.3 is 16.4 Å². The summed E-state index contributed by atoms with van der Waals surface area (Å²) in [5, 5.41) is 5.43. The maximum atomic E-state index is 12.0. The van der Waals surface area contributed by atoms with Gasteiger partial charge in [-0.25, -0.2) is 0 Å². The van der Waals surface area contributed by atoms with E-state index in [1.165, 1.54) is 0 Å². The average Bonchev–Trinajstić information content (AvgIpc) is 2.57. The molecule has 2 aromatic rings. The van der Waals surface area contributed by atoms with E-state index in [2.05, 4.69) is 10.6 Å². The zero-order chi connectivity index (χ0) is 16.7. The molecule has 2 aromatic carbocycles. The fourth-order valence-corrected chi connectivity index (χ4v) is 2.16. The lowest BCUT2D eigenvalue weighted by Gasteiger charge is -2.07. The van der Waals surface area contributed by atoms with Gasteiger partial charge in [0.2, 0.25) is 11.8 Å². The van der Waals surface area contributed by atoms with E-state index in [-0.39, 0.29) is 11.8 Å². The molecule has 0 aliphatic heterocycles. The second kappa shape index (κ2) is 8.10. The Labute approximate surface area is 135 Å². The normalized spacial score (nSPS) is 10.2. The summed E-state index contributed by atoms with van der Waals surface area (Å²) in [7, 11) is 1.61. The highest BCUT2D eigenvalue weighted by molar-refractivity contribution is 5.92. The molecule has 0 radical (unpaired) electrons. The zero-order valence-electron chi connectivity index (χ0n) is 13.1. The van der Waals surface area contributed by atoms with Crippen molar-refractivity contribution in [2.75, 3.05) is 12.4 Å². The van der Waals surface area contributed by atoms with Gasteiger partial charge in [-0.3, -0.25) is 9.59 Å². The molecule has 120 valence electrons. The van der Waals surface area contributed by atoms with Crippen LogP contribution in [-0.4, -0.2) is 18.9 Å². The highest BCUT2D eigenvalue weighted by Gasteiger charge is 2.05. The van der Waals surface area contributed by atoms with E-state index in [0.29, 0.717) is 25.1 Å². The van der Waals surface area contributed by atoms with Crippen molar-refractivity contribution < 1.29 is 9.59 Å². The lowest BCUT2D eigenvalue weighted by molar-refractivity contribution is -0.120. The van der Waals surface area contributed by atoms with Gasteiger partial charge in [0, 0.05) is 19.3 Å². The standard InChI is InChI=1S/C18H21N3O2/c1-20-17(22)10-14-6-8-16(9-7-14)21-18(23)11-13-2-4-15(12-19)5-3-13/h2-9H,10-12,19H2,1H3,(H,20,22)(H,21,23). The van der Waals surface area contributed by atoms with Crippen molar-refractivity contribution in [3.05, 3.63) is 65.2 Å². The number of benzene rings is 2. The number of hydrogen-bond donors (Lipinski definition) is 3. The number of amides is 2. The first kappa shape index (κ1) is 16.7. The van der Waals surface area contributed by atoms with Gasteiger partial charge in [0.1, 0.15) is 0 Å². The average molecular weight is 311 g/mol. The topological polar surface area (TPSA) is 84.2 Å². The second-order valence-corrected chi connectivity index (χ2v) is 5.29. The van der Waals surface area contributed by atoms with Crippen LogP contribution in [0.1, 0.15) is 16.7 Å². The Balaban J connectivity index is 1.90. The molecule has 0 spiro atoms. The number of rotatable bonds is 6. The first-order valence-corrected chi connectivity index (χ1v) is 7.48. The van der Waals surface area contributed by atoms with Crippen molar-refractivity contribution >= 4 is 17.5 Å². The van der Waals surface area contributed by atoms with Gasteiger partial charge in [-0.2, -0.15) is 0 Å². The third-order valence-corrected chi connectivity index (χ3v) is 3.50. The van der Waals surface area contributed by atoms with E-state index >= 15 is 0 Å². The van der Waals surface area contributed by atoms with Crippen LogP contribution in [0.5, 0.6) is 0 Å². The van der Waals surface area contributed by atoms with E-state index in [9.17, 15) is 9.59 Å². The van der Waals surface area contributed by atoms with Crippen LogP contribution >= 0.6 is 0 Å². The Bertz CT molecular complexity index is 664. The molecule has 0 atom stereocenters. The number of likely N-dealkylation sites (N-methyl/N-ethyl adjacent to an activating group) is 1. The molecule has 5 heteroatoms. The number of hydrogen-bond acceptors (Lipinski definition) is 3. The predicted octanol–water partition coefficient (Wildman–Crippen LogP) is 1.61. The molecule has 0 heterocycles. The Morgan fingerprint density at radius 3 is 1.83 bits per heavy atom. The molecule has 0 bridgehead atoms. The Morgan fingerprint density at radius 2 is 1.30 bits per heavy atom. The van der Waals surface area contributed by atoms with Crippen molar-refractivity contribution in [1.82, 2.24) is 5.32 Å². The van der Waals surface area contributed by atoms with Crippen LogP contribution in [-0.2, 0) is 29.0 Å². The van der Waals surface area contributed by atoms with Gasteiger partial charge in [-0.15, -0.1) is 0 Å². The van der Waals surface area contributed by atoms with E-state index in [4.69, 9.17) is 5.73 Å². The minimum absolute atomic E-state index is 0.0392. The highest BCUT2D eigenvalue weighted by Crippen LogP contribution is 2.11. The van der Waals surface area contributed by atoms with Crippen molar-refractivity contribution in [3.63, 3.8) is 0 Å². The predicted molar refractivity (Wildman–Crippen MR) is 90.9 cm³/mol. The van der Waals surface area contributed by atoms with Crippen LogP contribution in [0.3, 0.4) is 0 Å². The van der Waals surface area contributed by atoms with Crippen molar-refractivity contribution in [3.8, 4) is 0 Å². The maximum absolute atomic E-state index is 12.0. The summed E-state index contributed by atoms with van der Waals surface area (Å²) in [6.45, 7) is 0.495. The van der Waals surface area contributed by atoms with Crippen molar-refractivity contribution in [2.45, 2.75) is 19.4 Å². The lowest BCUT2D eigenvalue weighted by Crippen LogP contribution is -2.20. The number of nitrogens with one attached hydrogen (secondary N) is 2. The highest BCUT2D eigenvalue weighted by atomic mass is 16.2. The quantitative estimate of drug-likeness (QED) is 0.758. The van der Waals surface area contributed by atoms with Crippen LogP contribution in [0, 0.1) is 0 Å². The van der Waals surface area contributed by atoms with Gasteiger partial charge in [-0.1, -0.05) is 36.4 Å². The Kier molecular flexibility index (Phi) is 5.88. The molecule has 0 aliphatic rings. The summed E-state index contributed by atoms with van der Waals surface area (Å²) >= 11 is 0. The van der Waals surface area contributed by atoms with Crippen molar-refractivity contribution in [2.24, 2.45) is 5.73 Å². The molecule has 5 nitrogen and oxygen atoms in total. The van der Waals surface area contributed by atoms with Gasteiger partial charge >= 0.3 is 0 Å². The largest absolute Gasteiger partial charge is 0.359 e. The molecule has 0 aromatic heterocycles. The fourth-order valence-electron chi connectivity index (χ4n) is 2.16. The molecule has 0 saturated heterocycles. The molecule has 0 unspecified atom stereocenters. The number of carbonyl (C=O) groups is 2. The van der Waals surface area contributed by atoms with Crippen LogP contribution < -0.4 is 16.4 Å². The van der Waals surface area contributed by atoms with Crippen LogP contribution in [0.15, 0.2) is 48.5 Å². The van der Waals surface area contributed by atoms with Crippen LogP contribution in [0.4, 0.5) is 5.69 Å². The number of anilines is 1. The van der Waals surface area contributed by atoms with E-state index in [0.717, 1.165) is 16.7 Å². The molecular formula is C18H21N3O2. The van der Waals surface area contributed by atoms with Crippen LogP contribution in [0.25, 0.3) is 0 Å².